The molecule has 1 aromatic carbocycles. The van der Waals surface area contributed by atoms with Crippen LogP contribution in [0.15, 0.2) is 46.3 Å². The van der Waals surface area contributed by atoms with Crippen molar-refractivity contribution in [3.8, 4) is 0 Å². The Balaban J connectivity index is 0.00000107. The minimum absolute atomic E-state index is 0. The minimum atomic E-state index is -0.614. The second-order valence-electron chi connectivity index (χ2n) is 6.95. The van der Waals surface area contributed by atoms with Crippen LogP contribution in [0.5, 0.6) is 0 Å². The largest absolute Gasteiger partial charge is 1.00 e. The number of aliphatic hydroxyl groups is 1. The SMILES string of the molecule is C[CH-]CO.[CH-]=NN=[C-]C1=CC=CC(NC(=O)c2cc3c(cc2F)CCN(C(=O)OCC)C3)N1.[Li+]. The smallest absolute Gasteiger partial charge is 0.450 e. The molecule has 0 spiro atoms. The summed E-state index contributed by atoms with van der Waals surface area (Å²) in [5.41, 5.74) is 1.85. The van der Waals surface area contributed by atoms with Gasteiger partial charge in [0.15, 0.2) is 0 Å². The molecule has 0 aliphatic carbocycles. The molecular weight excluding hydrogens is 436 g/mol. The summed E-state index contributed by atoms with van der Waals surface area (Å²) in [4.78, 5) is 26.1. The molecule has 1 atom stereocenters. The number of carbonyl (C=O) groups excluding carboxylic acids is 2. The van der Waals surface area contributed by atoms with Crippen molar-refractivity contribution in [2.45, 2.75) is 33.0 Å². The quantitative estimate of drug-likeness (QED) is 0.219. The van der Waals surface area contributed by atoms with Crippen LogP contribution >= 0.6 is 0 Å². The number of carbonyl (C=O) groups is 2. The zero-order valence-electron chi connectivity index (χ0n) is 19.5. The van der Waals surface area contributed by atoms with Crippen LogP contribution in [0.25, 0.3) is 0 Å². The summed E-state index contributed by atoms with van der Waals surface area (Å²) in [6.07, 6.45) is 8.75. The maximum atomic E-state index is 14.5. The van der Waals surface area contributed by atoms with E-state index in [1.165, 1.54) is 17.0 Å². The Morgan fingerprint density at radius 1 is 1.44 bits per heavy atom. The van der Waals surface area contributed by atoms with Gasteiger partial charge in [-0.15, -0.1) is 18.0 Å². The van der Waals surface area contributed by atoms with E-state index in [-0.39, 0.29) is 44.2 Å². The summed E-state index contributed by atoms with van der Waals surface area (Å²) in [5.74, 6) is -1.21. The number of benzene rings is 1. The van der Waals surface area contributed by atoms with Crippen LogP contribution in [-0.4, -0.2) is 60.9 Å². The zero-order chi connectivity index (χ0) is 24.2. The normalized spacial score (nSPS) is 16.2. The first-order valence-corrected chi connectivity index (χ1v) is 10.4. The van der Waals surface area contributed by atoms with Crippen LogP contribution < -0.4 is 29.5 Å². The second-order valence-corrected chi connectivity index (χ2v) is 6.95. The molecule has 0 aromatic heterocycles. The number of aliphatic hydroxyl groups excluding tert-OH is 1. The molecule has 0 fully saturated rings. The van der Waals surface area contributed by atoms with Crippen molar-refractivity contribution in [3.63, 3.8) is 0 Å². The van der Waals surface area contributed by atoms with Crippen LogP contribution in [0.1, 0.15) is 35.3 Å². The number of halogens is 1. The van der Waals surface area contributed by atoms with Gasteiger partial charge >= 0.3 is 25.0 Å². The van der Waals surface area contributed by atoms with Crippen molar-refractivity contribution >= 4 is 24.9 Å². The topological polar surface area (TPSA) is 116 Å². The van der Waals surface area contributed by atoms with E-state index in [4.69, 9.17) is 16.6 Å². The predicted molar refractivity (Wildman–Crippen MR) is 122 cm³/mol. The number of ether oxygens (including phenoxy) is 1. The van der Waals surface area contributed by atoms with Gasteiger partial charge in [-0.3, -0.25) is 4.79 Å². The molecule has 1 unspecified atom stereocenters. The van der Waals surface area contributed by atoms with Crippen molar-refractivity contribution in [1.29, 1.82) is 0 Å². The van der Waals surface area contributed by atoms with Crippen LogP contribution in [0.2, 0.25) is 0 Å². The van der Waals surface area contributed by atoms with Crippen LogP contribution in [0, 0.1) is 12.2 Å². The fourth-order valence-electron chi connectivity index (χ4n) is 3.11. The van der Waals surface area contributed by atoms with Gasteiger partial charge in [0.1, 0.15) is 12.0 Å². The van der Waals surface area contributed by atoms with Gasteiger partial charge in [0.25, 0.3) is 5.91 Å². The number of hydrogen-bond acceptors (Lipinski definition) is 7. The molecule has 0 saturated heterocycles. The molecule has 2 heterocycles. The number of rotatable bonds is 6. The number of dihydropyridines is 1. The van der Waals surface area contributed by atoms with Crippen molar-refractivity contribution in [3.05, 3.63) is 65.0 Å². The molecule has 2 aliphatic rings. The van der Waals surface area contributed by atoms with E-state index < -0.39 is 24.0 Å². The molecule has 34 heavy (non-hydrogen) atoms. The first-order chi connectivity index (χ1) is 15.9. The van der Waals surface area contributed by atoms with E-state index in [0.29, 0.717) is 24.2 Å². The molecule has 2 aliphatic heterocycles. The molecule has 3 rings (SSSR count). The Morgan fingerprint density at radius 3 is 2.82 bits per heavy atom. The van der Waals surface area contributed by atoms with Gasteiger partial charge in [-0.05, 0) is 36.6 Å². The zero-order valence-corrected chi connectivity index (χ0v) is 19.5. The molecular formula is C23H27FLiN5O4-2. The van der Waals surface area contributed by atoms with Crippen LogP contribution in [0.3, 0.4) is 0 Å². The van der Waals surface area contributed by atoms with Gasteiger partial charge in [0.2, 0.25) is 0 Å². The van der Waals surface area contributed by atoms with E-state index in [1.807, 2.05) is 0 Å². The van der Waals surface area contributed by atoms with E-state index in [2.05, 4.69) is 27.1 Å². The number of nitrogens with zero attached hydrogens (tertiary/aromatic N) is 3. The number of nitrogens with one attached hydrogen (secondary N) is 2. The van der Waals surface area contributed by atoms with E-state index in [9.17, 15) is 14.0 Å². The minimum Gasteiger partial charge on any atom is -0.450 e. The molecule has 9 nitrogen and oxygen atoms in total. The van der Waals surface area contributed by atoms with Crippen molar-refractivity contribution < 1.29 is 42.7 Å². The van der Waals surface area contributed by atoms with Gasteiger partial charge < -0.3 is 48.7 Å². The summed E-state index contributed by atoms with van der Waals surface area (Å²) in [6, 6.07) is 2.83. The Morgan fingerprint density at radius 2 is 2.18 bits per heavy atom. The molecule has 3 N–H and O–H groups in total. The third kappa shape index (κ3) is 8.45. The Labute approximate surface area is 211 Å². The summed E-state index contributed by atoms with van der Waals surface area (Å²) >= 11 is 0. The summed E-state index contributed by atoms with van der Waals surface area (Å²) in [6.45, 7) is 9.64. The average Bonchev–Trinajstić information content (AvgIpc) is 2.82. The van der Waals surface area contributed by atoms with E-state index in [1.54, 1.807) is 38.5 Å². The number of amides is 2. The first-order valence-electron chi connectivity index (χ1n) is 10.4. The maximum Gasteiger partial charge on any atom is 1.00 e. The maximum absolute atomic E-state index is 14.5. The molecule has 0 saturated carbocycles. The molecule has 178 valence electrons. The summed E-state index contributed by atoms with van der Waals surface area (Å²) in [5, 5.41) is 20.0. The fraction of sp³-hybridized carbons (Fsp3) is 0.348. The van der Waals surface area contributed by atoms with Gasteiger partial charge in [-0.25, -0.2) is 9.18 Å². The monoisotopic (exact) mass is 463 g/mol. The molecule has 11 heteroatoms. The Kier molecular flexibility index (Phi) is 12.9. The van der Waals surface area contributed by atoms with Gasteiger partial charge in [0.05, 0.1) is 12.2 Å². The first kappa shape index (κ1) is 29.1. The summed E-state index contributed by atoms with van der Waals surface area (Å²) < 4.78 is 19.6. The molecule has 0 radical (unpaired) electrons. The van der Waals surface area contributed by atoms with Gasteiger partial charge in [0, 0.05) is 13.1 Å². The number of fused-ring (bicyclic) bond motifs is 1. The summed E-state index contributed by atoms with van der Waals surface area (Å²) in [7, 11) is 0. The second kappa shape index (κ2) is 15.1. The van der Waals surface area contributed by atoms with E-state index >= 15 is 0 Å². The van der Waals surface area contributed by atoms with Gasteiger partial charge in [-0.2, -0.15) is 13.0 Å². The van der Waals surface area contributed by atoms with E-state index in [0.717, 1.165) is 5.56 Å². The standard InChI is InChI=1S/C20H20FN5O3.C3H7O.Li/c1-3-29-20(28)26-8-7-13-10-17(21)16(9-14(13)12-26)19(27)25-18-6-4-5-15(24-18)11-23-22-2;1-2-3-4;/h2,4-6,9-10,18,24H,3,7-8,12H2,1H3,(H,25,27);2,4H,3H2,1H3;/q-2;-1;+1. The third-order valence-corrected chi connectivity index (χ3v) is 4.65. The number of hydrogen-bond donors (Lipinski definition) is 3. The predicted octanol–water partition coefficient (Wildman–Crippen LogP) is -0.913. The molecule has 0 bridgehead atoms. The van der Waals surface area contributed by atoms with Crippen LogP contribution in [-0.2, 0) is 17.7 Å². The van der Waals surface area contributed by atoms with Crippen LogP contribution in [0.4, 0.5) is 9.18 Å². The van der Waals surface area contributed by atoms with Gasteiger partial charge in [-0.1, -0.05) is 12.7 Å². The Hall–Kier alpha value is -2.93. The fourth-order valence-corrected chi connectivity index (χ4v) is 3.11. The third-order valence-electron chi connectivity index (χ3n) is 4.65. The van der Waals surface area contributed by atoms with Crippen molar-refractivity contribution in [1.82, 2.24) is 15.5 Å². The average molecular weight is 463 g/mol. The number of allylic oxidation sites excluding steroid dienone is 3. The van der Waals surface area contributed by atoms with Crippen molar-refractivity contribution in [2.75, 3.05) is 19.8 Å². The Bertz CT molecular complexity index is 950. The molecule has 2 amide bonds. The van der Waals surface area contributed by atoms with Crippen molar-refractivity contribution in [2.24, 2.45) is 10.2 Å². The molecule has 1 aromatic rings.